The molecule has 0 spiro atoms. The topological polar surface area (TPSA) is 39.9 Å². The zero-order valence-corrected chi connectivity index (χ0v) is 20.8. The molecule has 0 bridgehead atoms. The number of aromatic nitrogens is 3. The SMILES string of the molecule is CCc1nc2cccc3c2n1-c1c(cccc1-c1c2ccccc2c(-c2cccnc2)c2ccccc12)O3. The Morgan fingerprint density at radius 1 is 0.684 bits per heavy atom. The van der Waals surface area contributed by atoms with Crippen molar-refractivity contribution < 1.29 is 4.74 Å². The molecule has 0 saturated carbocycles. The highest BCUT2D eigenvalue weighted by Gasteiger charge is 2.28. The van der Waals surface area contributed by atoms with Crippen LogP contribution in [0.5, 0.6) is 11.5 Å². The van der Waals surface area contributed by atoms with Crippen LogP contribution in [0.15, 0.2) is 109 Å². The van der Waals surface area contributed by atoms with E-state index in [0.717, 1.165) is 51.6 Å². The first-order valence-electron chi connectivity index (χ1n) is 13.0. The molecular formula is C34H23N3O. The standard InChI is InChI=1S/C34H23N3O/c1-2-30-36-27-16-8-18-29-34(27)37(30)33-26(15-7-17-28(33)38-29)32-24-13-5-3-11-22(24)31(21-10-9-19-35-20-21)23-12-4-6-14-25(23)32/h3-20H,2H2,1H3. The third kappa shape index (κ3) is 2.86. The number of benzene rings is 5. The van der Waals surface area contributed by atoms with Crippen LogP contribution in [0.2, 0.25) is 0 Å². The highest BCUT2D eigenvalue weighted by Crippen LogP contribution is 2.49. The lowest BCUT2D eigenvalue weighted by Gasteiger charge is -2.25. The van der Waals surface area contributed by atoms with Gasteiger partial charge in [-0.05, 0) is 56.9 Å². The van der Waals surface area contributed by atoms with Gasteiger partial charge in [0.1, 0.15) is 11.3 Å². The summed E-state index contributed by atoms with van der Waals surface area (Å²) >= 11 is 0. The van der Waals surface area contributed by atoms with Gasteiger partial charge in [-0.15, -0.1) is 0 Å². The first-order valence-corrected chi connectivity index (χ1v) is 13.0. The molecule has 1 aliphatic rings. The Balaban J connectivity index is 1.55. The zero-order valence-electron chi connectivity index (χ0n) is 20.8. The Bertz CT molecular complexity index is 1980. The van der Waals surface area contributed by atoms with Gasteiger partial charge in [-0.2, -0.15) is 0 Å². The van der Waals surface area contributed by atoms with E-state index in [1.165, 1.54) is 32.7 Å². The van der Waals surface area contributed by atoms with Crippen molar-refractivity contribution in [2.24, 2.45) is 0 Å². The molecule has 4 heteroatoms. The van der Waals surface area contributed by atoms with Gasteiger partial charge in [-0.3, -0.25) is 9.55 Å². The summed E-state index contributed by atoms with van der Waals surface area (Å²) in [7, 11) is 0. The maximum Gasteiger partial charge on any atom is 0.153 e. The fraction of sp³-hybridized carbons (Fsp3) is 0.0588. The summed E-state index contributed by atoms with van der Waals surface area (Å²) in [5.41, 5.74) is 7.70. The lowest BCUT2D eigenvalue weighted by atomic mass is 9.85. The van der Waals surface area contributed by atoms with Crippen LogP contribution in [-0.4, -0.2) is 14.5 Å². The number of hydrogen-bond acceptors (Lipinski definition) is 3. The van der Waals surface area contributed by atoms with Gasteiger partial charge < -0.3 is 4.74 Å². The third-order valence-corrected chi connectivity index (χ3v) is 7.62. The molecule has 180 valence electrons. The number of aryl methyl sites for hydroxylation is 1. The molecular weight excluding hydrogens is 466 g/mol. The number of nitrogens with zero attached hydrogens (tertiary/aromatic N) is 3. The van der Waals surface area contributed by atoms with E-state index in [-0.39, 0.29) is 0 Å². The van der Waals surface area contributed by atoms with Crippen molar-refractivity contribution in [3.63, 3.8) is 0 Å². The number of para-hydroxylation sites is 2. The molecule has 0 aliphatic carbocycles. The Hall–Kier alpha value is -4.96. The van der Waals surface area contributed by atoms with E-state index in [9.17, 15) is 0 Å². The van der Waals surface area contributed by atoms with Gasteiger partial charge in [-0.1, -0.05) is 79.7 Å². The van der Waals surface area contributed by atoms with Crippen molar-refractivity contribution in [3.8, 4) is 39.4 Å². The van der Waals surface area contributed by atoms with Crippen LogP contribution >= 0.6 is 0 Å². The second kappa shape index (κ2) is 8.02. The fourth-order valence-electron chi connectivity index (χ4n) is 6.10. The molecule has 4 nitrogen and oxygen atoms in total. The van der Waals surface area contributed by atoms with Crippen molar-refractivity contribution in [3.05, 3.63) is 115 Å². The molecule has 0 saturated heterocycles. The van der Waals surface area contributed by atoms with Gasteiger partial charge in [0.05, 0.1) is 11.2 Å². The molecule has 5 aromatic carbocycles. The van der Waals surface area contributed by atoms with Crippen LogP contribution in [0, 0.1) is 0 Å². The Labute approximate surface area is 219 Å². The zero-order chi connectivity index (χ0) is 25.2. The summed E-state index contributed by atoms with van der Waals surface area (Å²) in [5.74, 6) is 2.73. The summed E-state index contributed by atoms with van der Waals surface area (Å²) < 4.78 is 8.83. The summed E-state index contributed by atoms with van der Waals surface area (Å²) in [6, 6.07) is 34.1. The van der Waals surface area contributed by atoms with Crippen molar-refractivity contribution in [1.29, 1.82) is 0 Å². The van der Waals surface area contributed by atoms with Gasteiger partial charge in [0.15, 0.2) is 11.5 Å². The largest absolute Gasteiger partial charge is 0.453 e. The van der Waals surface area contributed by atoms with Crippen LogP contribution in [0.1, 0.15) is 12.7 Å². The van der Waals surface area contributed by atoms with Crippen LogP contribution in [0.4, 0.5) is 0 Å². The van der Waals surface area contributed by atoms with Gasteiger partial charge in [0, 0.05) is 29.9 Å². The van der Waals surface area contributed by atoms with E-state index in [2.05, 4.69) is 95.3 Å². The van der Waals surface area contributed by atoms with Crippen molar-refractivity contribution >= 4 is 32.6 Å². The van der Waals surface area contributed by atoms with E-state index in [1.807, 2.05) is 30.6 Å². The van der Waals surface area contributed by atoms with Crippen LogP contribution in [-0.2, 0) is 6.42 Å². The summed E-state index contributed by atoms with van der Waals surface area (Å²) in [4.78, 5) is 9.43. The first kappa shape index (κ1) is 21.2. The minimum absolute atomic E-state index is 0.823. The quantitative estimate of drug-likeness (QED) is 0.233. The molecule has 0 atom stereocenters. The van der Waals surface area contributed by atoms with Gasteiger partial charge >= 0.3 is 0 Å². The van der Waals surface area contributed by atoms with E-state index in [1.54, 1.807) is 0 Å². The maximum atomic E-state index is 6.52. The first-order chi connectivity index (χ1) is 18.8. The monoisotopic (exact) mass is 489 g/mol. The second-order valence-electron chi connectivity index (χ2n) is 9.68. The molecule has 0 N–H and O–H groups in total. The minimum atomic E-state index is 0.823. The molecule has 1 aliphatic heterocycles. The normalized spacial score (nSPS) is 12.1. The molecule has 0 amide bonds. The fourth-order valence-corrected chi connectivity index (χ4v) is 6.10. The molecule has 3 heterocycles. The summed E-state index contributed by atoms with van der Waals surface area (Å²) in [6.45, 7) is 2.16. The molecule has 38 heavy (non-hydrogen) atoms. The van der Waals surface area contributed by atoms with E-state index in [0.29, 0.717) is 0 Å². The average molecular weight is 490 g/mol. The lowest BCUT2D eigenvalue weighted by molar-refractivity contribution is 0.474. The second-order valence-corrected chi connectivity index (χ2v) is 9.68. The van der Waals surface area contributed by atoms with Crippen molar-refractivity contribution in [2.75, 3.05) is 0 Å². The Kier molecular flexibility index (Phi) is 4.47. The smallest absolute Gasteiger partial charge is 0.153 e. The number of hydrogen-bond donors (Lipinski definition) is 0. The van der Waals surface area contributed by atoms with Gasteiger partial charge in [0.25, 0.3) is 0 Å². The summed E-state index contributed by atoms with van der Waals surface area (Å²) in [6.07, 6.45) is 4.61. The minimum Gasteiger partial charge on any atom is -0.453 e. The average Bonchev–Trinajstić information content (AvgIpc) is 3.36. The van der Waals surface area contributed by atoms with Crippen LogP contribution in [0.25, 0.3) is 60.5 Å². The number of ether oxygens (including phenoxy) is 1. The number of imidazole rings is 1. The molecule has 0 unspecified atom stereocenters. The predicted octanol–water partition coefficient (Wildman–Crippen LogP) is 8.73. The Morgan fingerprint density at radius 3 is 2.05 bits per heavy atom. The van der Waals surface area contributed by atoms with Gasteiger partial charge in [0.2, 0.25) is 0 Å². The molecule has 0 fully saturated rings. The van der Waals surface area contributed by atoms with Crippen molar-refractivity contribution in [2.45, 2.75) is 13.3 Å². The van der Waals surface area contributed by atoms with E-state index in [4.69, 9.17) is 9.72 Å². The molecule has 8 rings (SSSR count). The van der Waals surface area contributed by atoms with Crippen LogP contribution < -0.4 is 4.74 Å². The van der Waals surface area contributed by atoms with E-state index >= 15 is 0 Å². The number of fused-ring (bicyclic) bond motifs is 4. The third-order valence-electron chi connectivity index (χ3n) is 7.62. The predicted molar refractivity (Wildman–Crippen MR) is 154 cm³/mol. The lowest BCUT2D eigenvalue weighted by Crippen LogP contribution is -2.09. The Morgan fingerprint density at radius 2 is 1.37 bits per heavy atom. The highest BCUT2D eigenvalue weighted by molar-refractivity contribution is 6.22. The molecule has 7 aromatic rings. The number of pyridine rings is 1. The number of rotatable bonds is 3. The molecule has 0 radical (unpaired) electrons. The van der Waals surface area contributed by atoms with Crippen molar-refractivity contribution in [1.82, 2.24) is 14.5 Å². The van der Waals surface area contributed by atoms with Gasteiger partial charge in [-0.25, -0.2) is 4.98 Å². The summed E-state index contributed by atoms with van der Waals surface area (Å²) in [5, 5.41) is 4.81. The van der Waals surface area contributed by atoms with E-state index < -0.39 is 0 Å². The highest BCUT2D eigenvalue weighted by atomic mass is 16.5. The molecule has 2 aromatic heterocycles. The van der Waals surface area contributed by atoms with Crippen LogP contribution in [0.3, 0.4) is 0 Å². The maximum absolute atomic E-state index is 6.52.